The van der Waals surface area contributed by atoms with E-state index in [0.29, 0.717) is 15.3 Å². The highest BCUT2D eigenvalue weighted by Crippen LogP contribution is 2.29. The van der Waals surface area contributed by atoms with Crippen molar-refractivity contribution in [2.24, 2.45) is 5.10 Å². The summed E-state index contributed by atoms with van der Waals surface area (Å²) in [7, 11) is 1.61. The molecule has 11 nitrogen and oxygen atoms in total. The molecule has 0 radical (unpaired) electrons. The van der Waals surface area contributed by atoms with Crippen LogP contribution in [0, 0.1) is 0 Å². The summed E-state index contributed by atoms with van der Waals surface area (Å²) in [5.41, 5.74) is 4.71. The number of nitrogens with one attached hydrogen (secondary N) is 2. The number of nitrogens with zero attached hydrogens (tertiary/aromatic N) is 6. The monoisotopic (exact) mass is 561 g/mol. The number of carbonyl (C=O) groups is 1. The molecule has 1 amide bonds. The molecule has 2 heterocycles. The van der Waals surface area contributed by atoms with Crippen molar-refractivity contribution in [2.45, 2.75) is 15.2 Å². The number of benzene rings is 2. The van der Waals surface area contributed by atoms with Crippen LogP contribution in [0.3, 0.4) is 0 Å². The summed E-state index contributed by atoms with van der Waals surface area (Å²) in [6, 6.07) is 15.0. The number of amides is 1. The van der Waals surface area contributed by atoms with Gasteiger partial charge in [0, 0.05) is 10.8 Å². The van der Waals surface area contributed by atoms with Crippen LogP contribution in [0.2, 0.25) is 5.02 Å². The molecule has 0 bridgehead atoms. The normalized spacial score (nSPS) is 11.1. The first kappa shape index (κ1) is 25.8. The first-order valence-electron chi connectivity index (χ1n) is 10.3. The van der Waals surface area contributed by atoms with Gasteiger partial charge in [-0.2, -0.15) is 5.10 Å². The van der Waals surface area contributed by atoms with E-state index in [1.54, 1.807) is 13.3 Å². The van der Waals surface area contributed by atoms with E-state index in [2.05, 4.69) is 36.2 Å². The van der Waals surface area contributed by atoms with Gasteiger partial charge in [-0.05, 0) is 47.5 Å². The Bertz CT molecular complexity index is 1330. The summed E-state index contributed by atoms with van der Waals surface area (Å²) in [4.78, 5) is 12.3. The van der Waals surface area contributed by atoms with Crippen molar-refractivity contribution < 1.29 is 9.53 Å². The van der Waals surface area contributed by atoms with Gasteiger partial charge in [0.25, 0.3) is 5.95 Å². The third-order valence-corrected chi connectivity index (χ3v) is 7.66. The van der Waals surface area contributed by atoms with Crippen LogP contribution >= 0.6 is 46.5 Å². The molecule has 0 aliphatic heterocycles. The predicted molar refractivity (Wildman–Crippen MR) is 145 cm³/mol. The van der Waals surface area contributed by atoms with E-state index in [4.69, 9.17) is 22.2 Å². The fourth-order valence-electron chi connectivity index (χ4n) is 2.64. The molecule has 36 heavy (non-hydrogen) atoms. The van der Waals surface area contributed by atoms with E-state index < -0.39 is 0 Å². The lowest BCUT2D eigenvalue weighted by Gasteiger charge is -2.03. The number of aromatic nitrogens is 5. The Morgan fingerprint density at radius 3 is 2.67 bits per heavy atom. The Balaban J connectivity index is 1.22. The lowest BCUT2D eigenvalue weighted by molar-refractivity contribution is -0.113. The molecule has 0 aliphatic carbocycles. The van der Waals surface area contributed by atoms with E-state index in [1.807, 2.05) is 48.5 Å². The van der Waals surface area contributed by atoms with Crippen LogP contribution < -0.4 is 21.3 Å². The SMILES string of the molecule is COc1ccc(/C=N/Nc2nnc(SCC(=O)Nc3nnc(SCc4ccc(Cl)cc4)s3)n2N)cc1. The number of hydrazone groups is 1. The molecular formula is C21H20ClN9O2S3. The summed E-state index contributed by atoms with van der Waals surface area (Å²) in [6.07, 6.45) is 1.61. The first-order valence-corrected chi connectivity index (χ1v) is 13.4. The Morgan fingerprint density at radius 2 is 1.92 bits per heavy atom. The van der Waals surface area contributed by atoms with Crippen molar-refractivity contribution in [3.05, 3.63) is 64.7 Å². The van der Waals surface area contributed by atoms with Gasteiger partial charge in [-0.1, -0.05) is 58.6 Å². The van der Waals surface area contributed by atoms with Gasteiger partial charge in [0.2, 0.25) is 16.2 Å². The van der Waals surface area contributed by atoms with Crippen LogP contribution in [0.5, 0.6) is 5.75 Å². The minimum atomic E-state index is -0.263. The number of thioether (sulfide) groups is 2. The molecule has 0 unspecified atom stereocenters. The Morgan fingerprint density at radius 1 is 1.14 bits per heavy atom. The van der Waals surface area contributed by atoms with E-state index in [1.165, 1.54) is 27.8 Å². The Kier molecular flexibility index (Phi) is 9.00. The van der Waals surface area contributed by atoms with Crippen molar-refractivity contribution in [2.75, 3.05) is 29.4 Å². The summed E-state index contributed by atoms with van der Waals surface area (Å²) >= 11 is 9.88. The van der Waals surface area contributed by atoms with Crippen LogP contribution in [0.1, 0.15) is 11.1 Å². The number of carbonyl (C=O) groups excluding carboxylic acids is 1. The number of hydrogen-bond acceptors (Lipinski definition) is 12. The zero-order valence-electron chi connectivity index (χ0n) is 18.8. The number of methoxy groups -OCH3 is 1. The quantitative estimate of drug-likeness (QED) is 0.0808. The molecular weight excluding hydrogens is 542 g/mol. The fourth-order valence-corrected chi connectivity index (χ4v) is 5.14. The molecule has 4 rings (SSSR count). The number of halogens is 1. The summed E-state index contributed by atoms with van der Waals surface area (Å²) in [6.45, 7) is 0. The van der Waals surface area contributed by atoms with Gasteiger partial charge < -0.3 is 10.6 Å². The van der Waals surface area contributed by atoms with Gasteiger partial charge in [-0.3, -0.25) is 10.1 Å². The van der Waals surface area contributed by atoms with Gasteiger partial charge in [0.05, 0.1) is 19.1 Å². The molecule has 4 aromatic rings. The highest BCUT2D eigenvalue weighted by molar-refractivity contribution is 8.00. The zero-order valence-corrected chi connectivity index (χ0v) is 22.0. The Hall–Kier alpha value is -3.33. The first-order chi connectivity index (χ1) is 17.5. The van der Waals surface area contributed by atoms with Crippen molar-refractivity contribution in [1.29, 1.82) is 0 Å². The number of hydrogen-bond donors (Lipinski definition) is 3. The maximum Gasteiger partial charge on any atom is 0.264 e. The average Bonchev–Trinajstić information content (AvgIpc) is 3.48. The minimum Gasteiger partial charge on any atom is -0.497 e. The second kappa shape index (κ2) is 12.6. The van der Waals surface area contributed by atoms with E-state index in [-0.39, 0.29) is 17.6 Å². The number of nitrogen functional groups attached to an aromatic ring is 1. The van der Waals surface area contributed by atoms with Crippen molar-refractivity contribution in [3.8, 4) is 5.75 Å². The third-order valence-electron chi connectivity index (χ3n) is 4.42. The highest BCUT2D eigenvalue weighted by atomic mass is 35.5. The van der Waals surface area contributed by atoms with E-state index >= 15 is 0 Å². The summed E-state index contributed by atoms with van der Waals surface area (Å²) in [5, 5.41) is 24.4. The number of nitrogens with two attached hydrogens (primary N) is 1. The Labute approximate surface area is 223 Å². The van der Waals surface area contributed by atoms with E-state index in [0.717, 1.165) is 38.7 Å². The topological polar surface area (TPSA) is 145 Å². The standard InChI is InChI=1S/C21H20ClN9O2S3/c1-33-16-8-4-13(5-9-16)10-24-26-18-27-29-20(31(18)23)34-12-17(32)25-19-28-30-21(36-19)35-11-14-2-6-15(22)7-3-14/h2-10H,11-12,23H2,1H3,(H,26,27)(H,25,28,32)/b24-10+. The van der Waals surface area contributed by atoms with Gasteiger partial charge in [-0.25, -0.2) is 10.1 Å². The van der Waals surface area contributed by atoms with E-state index in [9.17, 15) is 4.79 Å². The van der Waals surface area contributed by atoms with Crippen LogP contribution in [0.4, 0.5) is 11.1 Å². The molecule has 0 fully saturated rings. The zero-order chi connectivity index (χ0) is 25.3. The average molecular weight is 562 g/mol. The second-order valence-corrected chi connectivity index (χ2v) is 10.5. The smallest absolute Gasteiger partial charge is 0.264 e. The van der Waals surface area contributed by atoms with Gasteiger partial charge in [-0.15, -0.1) is 20.4 Å². The molecule has 0 spiro atoms. The summed E-state index contributed by atoms with van der Waals surface area (Å²) in [5.74, 6) is 7.52. The predicted octanol–water partition coefficient (Wildman–Crippen LogP) is 3.97. The number of anilines is 2. The number of rotatable bonds is 11. The lowest BCUT2D eigenvalue weighted by Crippen LogP contribution is -2.16. The summed E-state index contributed by atoms with van der Waals surface area (Å²) < 4.78 is 7.10. The van der Waals surface area contributed by atoms with Gasteiger partial charge >= 0.3 is 0 Å². The molecule has 2 aromatic carbocycles. The number of ether oxygens (including phenoxy) is 1. The highest BCUT2D eigenvalue weighted by Gasteiger charge is 2.14. The van der Waals surface area contributed by atoms with Crippen LogP contribution in [-0.2, 0) is 10.5 Å². The molecule has 2 aromatic heterocycles. The van der Waals surface area contributed by atoms with Crippen molar-refractivity contribution in [1.82, 2.24) is 25.1 Å². The molecule has 0 saturated carbocycles. The van der Waals surface area contributed by atoms with Crippen LogP contribution in [-0.4, -0.2) is 50.1 Å². The van der Waals surface area contributed by atoms with Gasteiger partial charge in [0.1, 0.15) is 5.75 Å². The lowest BCUT2D eigenvalue weighted by atomic mass is 10.2. The minimum absolute atomic E-state index is 0.0667. The van der Waals surface area contributed by atoms with Crippen molar-refractivity contribution in [3.63, 3.8) is 0 Å². The fraction of sp³-hybridized carbons (Fsp3) is 0.143. The van der Waals surface area contributed by atoms with Crippen LogP contribution in [0.15, 0.2) is 63.1 Å². The second-order valence-electron chi connectivity index (χ2n) is 6.94. The molecule has 4 N–H and O–H groups in total. The van der Waals surface area contributed by atoms with Gasteiger partial charge in [0.15, 0.2) is 4.34 Å². The molecule has 0 aliphatic rings. The largest absolute Gasteiger partial charge is 0.497 e. The molecule has 0 atom stereocenters. The maximum atomic E-state index is 12.3. The molecule has 186 valence electrons. The third kappa shape index (κ3) is 7.34. The van der Waals surface area contributed by atoms with Crippen molar-refractivity contribution >= 4 is 69.7 Å². The maximum absolute atomic E-state index is 12.3. The molecule has 15 heteroatoms. The molecule has 0 saturated heterocycles. The van der Waals surface area contributed by atoms with Crippen LogP contribution in [0.25, 0.3) is 0 Å².